The molecular weight excluding hydrogens is 268 g/mol. The number of nitrogens with one attached hydrogen (secondary N) is 1. The van der Waals surface area contributed by atoms with Crippen LogP contribution in [0.15, 0.2) is 30.3 Å². The van der Waals surface area contributed by atoms with Crippen molar-refractivity contribution in [2.45, 2.75) is 45.3 Å². The van der Waals surface area contributed by atoms with Gasteiger partial charge in [0.15, 0.2) is 0 Å². The van der Waals surface area contributed by atoms with Crippen molar-refractivity contribution in [2.75, 3.05) is 11.9 Å². The highest BCUT2D eigenvalue weighted by Gasteiger charge is 2.36. The molecule has 0 aliphatic carbocycles. The van der Waals surface area contributed by atoms with E-state index in [4.69, 9.17) is 4.74 Å². The van der Waals surface area contributed by atoms with Gasteiger partial charge < -0.3 is 10.1 Å². The van der Waals surface area contributed by atoms with Crippen LogP contribution in [0.1, 0.15) is 33.6 Å². The number of nitrogens with zero attached hydrogens (tertiary/aromatic N) is 1. The standard InChI is InChI=1S/C16H22N2O3/c1-16(2,3)21-15(20)18-11-7-10-13(18)14(19)17-12-8-5-4-6-9-12/h4-6,8-9,13H,7,10-11H2,1-3H3,(H,17,19)/t13-/m1/s1. The number of rotatable bonds is 2. The quantitative estimate of drug-likeness (QED) is 0.910. The molecule has 2 rings (SSSR count). The number of benzene rings is 1. The van der Waals surface area contributed by atoms with Crippen molar-refractivity contribution in [1.29, 1.82) is 0 Å². The SMILES string of the molecule is CC(C)(C)OC(=O)N1CCC[C@@H]1C(=O)Nc1ccccc1. The summed E-state index contributed by atoms with van der Waals surface area (Å²) < 4.78 is 5.36. The van der Waals surface area contributed by atoms with E-state index in [2.05, 4.69) is 5.32 Å². The fraction of sp³-hybridized carbons (Fsp3) is 0.500. The molecule has 1 N–H and O–H groups in total. The molecule has 114 valence electrons. The van der Waals surface area contributed by atoms with Crippen molar-refractivity contribution in [2.24, 2.45) is 0 Å². The van der Waals surface area contributed by atoms with E-state index >= 15 is 0 Å². The molecule has 5 nitrogen and oxygen atoms in total. The summed E-state index contributed by atoms with van der Waals surface area (Å²) in [5.41, 5.74) is 0.179. The van der Waals surface area contributed by atoms with E-state index < -0.39 is 17.7 Å². The molecule has 1 fully saturated rings. The molecule has 0 aromatic heterocycles. The number of anilines is 1. The molecule has 2 amide bonds. The van der Waals surface area contributed by atoms with Gasteiger partial charge in [-0.1, -0.05) is 18.2 Å². The maximum absolute atomic E-state index is 12.3. The van der Waals surface area contributed by atoms with Crippen LogP contribution in [0.25, 0.3) is 0 Å². The zero-order valence-electron chi connectivity index (χ0n) is 12.8. The minimum Gasteiger partial charge on any atom is -0.444 e. The van der Waals surface area contributed by atoms with Gasteiger partial charge in [-0.15, -0.1) is 0 Å². The lowest BCUT2D eigenvalue weighted by atomic mass is 10.2. The van der Waals surface area contributed by atoms with Crippen molar-refractivity contribution in [1.82, 2.24) is 4.90 Å². The van der Waals surface area contributed by atoms with Crippen molar-refractivity contribution in [3.63, 3.8) is 0 Å². The third-order valence-corrected chi connectivity index (χ3v) is 3.22. The average molecular weight is 290 g/mol. The van der Waals surface area contributed by atoms with Crippen LogP contribution in [-0.2, 0) is 9.53 Å². The van der Waals surface area contributed by atoms with Gasteiger partial charge in [-0.2, -0.15) is 0 Å². The Hall–Kier alpha value is -2.04. The van der Waals surface area contributed by atoms with E-state index in [0.29, 0.717) is 13.0 Å². The van der Waals surface area contributed by atoms with Crippen LogP contribution >= 0.6 is 0 Å². The smallest absolute Gasteiger partial charge is 0.410 e. The van der Waals surface area contributed by atoms with E-state index in [1.165, 1.54) is 4.90 Å². The second-order valence-corrected chi connectivity index (χ2v) is 6.19. The molecule has 1 atom stereocenters. The Morgan fingerprint density at radius 3 is 2.52 bits per heavy atom. The molecule has 0 bridgehead atoms. The van der Waals surface area contributed by atoms with E-state index in [1.54, 1.807) is 0 Å². The van der Waals surface area contributed by atoms with Crippen LogP contribution in [0.2, 0.25) is 0 Å². The predicted molar refractivity (Wildman–Crippen MR) is 81.0 cm³/mol. The molecule has 0 saturated carbocycles. The van der Waals surface area contributed by atoms with Crippen LogP contribution in [-0.4, -0.2) is 35.1 Å². The third-order valence-electron chi connectivity index (χ3n) is 3.22. The van der Waals surface area contributed by atoms with Gasteiger partial charge in [-0.05, 0) is 45.7 Å². The highest BCUT2D eigenvalue weighted by molar-refractivity contribution is 5.96. The summed E-state index contributed by atoms with van der Waals surface area (Å²) in [5, 5.41) is 2.84. The third kappa shape index (κ3) is 4.21. The lowest BCUT2D eigenvalue weighted by Crippen LogP contribution is -2.45. The van der Waals surface area contributed by atoms with E-state index in [9.17, 15) is 9.59 Å². The van der Waals surface area contributed by atoms with E-state index in [0.717, 1.165) is 12.1 Å². The normalized spacial score (nSPS) is 18.4. The van der Waals surface area contributed by atoms with Gasteiger partial charge in [0.25, 0.3) is 0 Å². The number of hydrogen-bond donors (Lipinski definition) is 1. The minimum absolute atomic E-state index is 0.162. The first-order chi connectivity index (χ1) is 9.87. The number of carbonyl (C=O) groups is 2. The molecule has 1 heterocycles. The first kappa shape index (κ1) is 15.4. The van der Waals surface area contributed by atoms with Gasteiger partial charge in [-0.25, -0.2) is 4.79 Å². The highest BCUT2D eigenvalue weighted by Crippen LogP contribution is 2.22. The second kappa shape index (κ2) is 6.16. The average Bonchev–Trinajstić information content (AvgIpc) is 2.87. The molecule has 21 heavy (non-hydrogen) atoms. The molecule has 1 aromatic rings. The Bertz CT molecular complexity index is 508. The maximum atomic E-state index is 12.3. The van der Waals surface area contributed by atoms with Gasteiger partial charge in [0.05, 0.1) is 0 Å². The van der Waals surface area contributed by atoms with Gasteiger partial charge in [0, 0.05) is 12.2 Å². The number of carbonyl (C=O) groups excluding carboxylic acids is 2. The Morgan fingerprint density at radius 2 is 1.90 bits per heavy atom. The van der Waals surface area contributed by atoms with Crippen LogP contribution in [0, 0.1) is 0 Å². The molecule has 5 heteroatoms. The van der Waals surface area contributed by atoms with E-state index in [1.807, 2.05) is 51.1 Å². The number of ether oxygens (including phenoxy) is 1. The van der Waals surface area contributed by atoms with Gasteiger partial charge >= 0.3 is 6.09 Å². The highest BCUT2D eigenvalue weighted by atomic mass is 16.6. The summed E-state index contributed by atoms with van der Waals surface area (Å²) in [4.78, 5) is 26.0. The number of hydrogen-bond acceptors (Lipinski definition) is 3. The van der Waals surface area contributed by atoms with Crippen molar-refractivity contribution in [3.8, 4) is 0 Å². The van der Waals surface area contributed by atoms with Gasteiger partial charge in [-0.3, -0.25) is 9.69 Å². The fourth-order valence-corrected chi connectivity index (χ4v) is 2.33. The lowest BCUT2D eigenvalue weighted by Gasteiger charge is -2.28. The van der Waals surface area contributed by atoms with Crippen LogP contribution in [0.4, 0.5) is 10.5 Å². The summed E-state index contributed by atoms with van der Waals surface area (Å²) in [6, 6.07) is 8.79. The Balaban J connectivity index is 2.01. The first-order valence-corrected chi connectivity index (χ1v) is 7.22. The van der Waals surface area contributed by atoms with Crippen LogP contribution < -0.4 is 5.32 Å². The van der Waals surface area contributed by atoms with Crippen molar-refractivity contribution < 1.29 is 14.3 Å². The maximum Gasteiger partial charge on any atom is 0.410 e. The summed E-state index contributed by atoms with van der Waals surface area (Å²) in [5.74, 6) is -0.162. The molecule has 1 aliphatic rings. The van der Waals surface area contributed by atoms with Crippen molar-refractivity contribution in [3.05, 3.63) is 30.3 Å². The summed E-state index contributed by atoms with van der Waals surface area (Å²) in [6.45, 7) is 6.02. The topological polar surface area (TPSA) is 58.6 Å². The summed E-state index contributed by atoms with van der Waals surface area (Å²) >= 11 is 0. The largest absolute Gasteiger partial charge is 0.444 e. The summed E-state index contributed by atoms with van der Waals surface area (Å²) in [6.07, 6.45) is 1.05. The lowest BCUT2D eigenvalue weighted by molar-refractivity contribution is -0.120. The number of para-hydroxylation sites is 1. The second-order valence-electron chi connectivity index (χ2n) is 6.19. The van der Waals surface area contributed by atoms with Crippen LogP contribution in [0.3, 0.4) is 0 Å². The molecule has 0 radical (unpaired) electrons. The number of likely N-dealkylation sites (tertiary alicyclic amines) is 1. The molecular formula is C16H22N2O3. The Labute approximate surface area is 125 Å². The number of amides is 2. The fourth-order valence-electron chi connectivity index (χ4n) is 2.33. The van der Waals surface area contributed by atoms with E-state index in [-0.39, 0.29) is 5.91 Å². The van der Waals surface area contributed by atoms with Crippen LogP contribution in [0.5, 0.6) is 0 Å². The minimum atomic E-state index is -0.555. The molecule has 1 saturated heterocycles. The van der Waals surface area contributed by atoms with Crippen molar-refractivity contribution >= 4 is 17.7 Å². The molecule has 1 aromatic carbocycles. The zero-order chi connectivity index (χ0) is 15.5. The Kier molecular flexibility index (Phi) is 4.50. The molecule has 0 spiro atoms. The first-order valence-electron chi connectivity index (χ1n) is 7.22. The molecule has 1 aliphatic heterocycles. The summed E-state index contributed by atoms with van der Waals surface area (Å²) in [7, 11) is 0. The van der Waals surface area contributed by atoms with Gasteiger partial charge in [0.2, 0.25) is 5.91 Å². The zero-order valence-corrected chi connectivity index (χ0v) is 12.8. The Morgan fingerprint density at radius 1 is 1.24 bits per heavy atom. The van der Waals surface area contributed by atoms with Gasteiger partial charge in [0.1, 0.15) is 11.6 Å². The molecule has 0 unspecified atom stereocenters. The monoisotopic (exact) mass is 290 g/mol. The predicted octanol–water partition coefficient (Wildman–Crippen LogP) is 3.02.